The summed E-state index contributed by atoms with van der Waals surface area (Å²) in [7, 11) is 0. The maximum atomic E-state index is 12.1. The van der Waals surface area contributed by atoms with Crippen LogP contribution in [0.15, 0.2) is 24.5 Å². The number of nitrogens with one attached hydrogen (secondary N) is 1. The van der Waals surface area contributed by atoms with Crippen LogP contribution in [0, 0.1) is 12.8 Å². The van der Waals surface area contributed by atoms with E-state index in [-0.39, 0.29) is 23.7 Å². The van der Waals surface area contributed by atoms with Crippen LogP contribution in [0.1, 0.15) is 33.4 Å². The van der Waals surface area contributed by atoms with Crippen molar-refractivity contribution in [1.82, 2.24) is 15.3 Å². The zero-order valence-corrected chi connectivity index (χ0v) is 15.5. The highest BCUT2D eigenvalue weighted by Crippen LogP contribution is 2.31. The Balaban J connectivity index is 1.78. The lowest BCUT2D eigenvalue weighted by molar-refractivity contribution is 0.0828. The number of fused-ring (bicyclic) bond motifs is 1. The number of rotatable bonds is 2. The molecule has 1 N–H and O–H groups in total. The van der Waals surface area contributed by atoms with E-state index in [1.807, 2.05) is 40.0 Å². The molecular weight excluding hydrogens is 316 g/mol. The molecule has 1 saturated heterocycles. The molecule has 0 unspecified atom stereocenters. The van der Waals surface area contributed by atoms with Gasteiger partial charge in [0.15, 0.2) is 0 Å². The minimum absolute atomic E-state index is 0.143. The number of ether oxygens (including phenoxy) is 1. The highest BCUT2D eigenvalue weighted by atomic mass is 16.6. The minimum Gasteiger partial charge on any atom is -0.444 e. The summed E-state index contributed by atoms with van der Waals surface area (Å²) in [5.41, 5.74) is 2.58. The molecule has 1 fully saturated rings. The van der Waals surface area contributed by atoms with E-state index in [0.29, 0.717) is 6.54 Å². The zero-order valence-electron chi connectivity index (χ0n) is 15.5. The second-order valence-corrected chi connectivity index (χ2v) is 7.83. The summed E-state index contributed by atoms with van der Waals surface area (Å²) in [6, 6.07) is 4.01. The quantitative estimate of drug-likeness (QED) is 0.907. The lowest BCUT2D eigenvalue weighted by Gasteiger charge is -2.23. The number of aromatic nitrogens is 2. The van der Waals surface area contributed by atoms with Gasteiger partial charge in [-0.3, -0.25) is 9.97 Å². The summed E-state index contributed by atoms with van der Waals surface area (Å²) in [5.74, 6) is 0.249. The maximum Gasteiger partial charge on any atom is 0.407 e. The van der Waals surface area contributed by atoms with Gasteiger partial charge in [-0.2, -0.15) is 0 Å². The summed E-state index contributed by atoms with van der Waals surface area (Å²) < 4.78 is 5.66. The third-order valence-corrected chi connectivity index (χ3v) is 4.43. The zero-order chi connectivity index (χ0) is 18.2. The molecule has 25 heavy (non-hydrogen) atoms. The second kappa shape index (κ2) is 6.50. The van der Waals surface area contributed by atoms with Crippen molar-refractivity contribution in [2.24, 2.45) is 5.92 Å². The number of amides is 1. The molecule has 1 amide bonds. The molecule has 0 radical (unpaired) electrons. The van der Waals surface area contributed by atoms with E-state index in [0.717, 1.165) is 28.8 Å². The van der Waals surface area contributed by atoms with E-state index in [1.54, 1.807) is 6.20 Å². The van der Waals surface area contributed by atoms with Gasteiger partial charge in [0.1, 0.15) is 6.10 Å². The third kappa shape index (κ3) is 3.83. The minimum atomic E-state index is -0.361. The van der Waals surface area contributed by atoms with Gasteiger partial charge in [-0.05, 0) is 39.8 Å². The Morgan fingerprint density at radius 3 is 2.80 bits per heavy atom. The van der Waals surface area contributed by atoms with Crippen LogP contribution in [0.3, 0.4) is 0 Å². The molecule has 0 spiro atoms. The van der Waals surface area contributed by atoms with Crippen molar-refractivity contribution in [2.75, 3.05) is 18.0 Å². The number of alkyl carbamates (subject to hydrolysis) is 1. The molecule has 2 aromatic rings. The summed E-state index contributed by atoms with van der Waals surface area (Å²) in [5, 5.41) is 3.94. The Kier molecular flexibility index (Phi) is 4.54. The van der Waals surface area contributed by atoms with Crippen LogP contribution in [0.25, 0.3) is 10.9 Å². The van der Waals surface area contributed by atoms with Crippen LogP contribution in [0.5, 0.6) is 0 Å². The van der Waals surface area contributed by atoms with E-state index in [9.17, 15) is 4.79 Å². The fraction of sp³-hybridized carbons (Fsp3) is 0.526. The molecule has 0 bridgehead atoms. The SMILES string of the molecule is Cc1ncc(N2C[C@@H](C)[C@@H](OC(=O)NC(C)(C)C)C2)c2cccnc12. The molecule has 0 saturated carbocycles. The number of anilines is 1. The first-order chi connectivity index (χ1) is 11.7. The molecule has 6 heteroatoms. The van der Waals surface area contributed by atoms with Gasteiger partial charge in [0.05, 0.1) is 29.6 Å². The van der Waals surface area contributed by atoms with E-state index in [2.05, 4.69) is 33.2 Å². The van der Waals surface area contributed by atoms with E-state index in [4.69, 9.17) is 4.74 Å². The van der Waals surface area contributed by atoms with Gasteiger partial charge in [0, 0.05) is 29.6 Å². The number of carbonyl (C=O) groups excluding carboxylic acids is 1. The number of carbonyl (C=O) groups is 1. The van der Waals surface area contributed by atoms with E-state index in [1.165, 1.54) is 0 Å². The fourth-order valence-corrected chi connectivity index (χ4v) is 3.20. The Labute approximate surface area is 148 Å². The van der Waals surface area contributed by atoms with Crippen LogP contribution < -0.4 is 10.2 Å². The molecule has 0 aliphatic carbocycles. The van der Waals surface area contributed by atoms with Crippen molar-refractivity contribution in [3.05, 3.63) is 30.2 Å². The van der Waals surface area contributed by atoms with Gasteiger partial charge in [-0.1, -0.05) is 6.92 Å². The number of aryl methyl sites for hydroxylation is 1. The van der Waals surface area contributed by atoms with Crippen LogP contribution >= 0.6 is 0 Å². The average Bonchev–Trinajstić information content (AvgIpc) is 2.86. The first kappa shape index (κ1) is 17.5. The summed E-state index contributed by atoms with van der Waals surface area (Å²) in [4.78, 5) is 23.3. The lowest BCUT2D eigenvalue weighted by Crippen LogP contribution is -2.43. The fourth-order valence-electron chi connectivity index (χ4n) is 3.20. The lowest BCUT2D eigenvalue weighted by atomic mass is 10.1. The van der Waals surface area contributed by atoms with Gasteiger partial charge in [0.25, 0.3) is 0 Å². The van der Waals surface area contributed by atoms with Crippen molar-refractivity contribution in [1.29, 1.82) is 0 Å². The maximum absolute atomic E-state index is 12.1. The largest absolute Gasteiger partial charge is 0.444 e. The third-order valence-electron chi connectivity index (χ3n) is 4.43. The first-order valence-corrected chi connectivity index (χ1v) is 8.68. The van der Waals surface area contributed by atoms with Crippen LogP contribution in [0.4, 0.5) is 10.5 Å². The Morgan fingerprint density at radius 2 is 2.08 bits per heavy atom. The topological polar surface area (TPSA) is 67.4 Å². The predicted molar refractivity (Wildman–Crippen MR) is 98.8 cm³/mol. The van der Waals surface area contributed by atoms with E-state index < -0.39 is 0 Å². The number of hydrogen-bond donors (Lipinski definition) is 1. The predicted octanol–water partition coefficient (Wildman–Crippen LogP) is 3.29. The molecular formula is C19H26N4O2. The van der Waals surface area contributed by atoms with Crippen LogP contribution in [-0.2, 0) is 4.74 Å². The van der Waals surface area contributed by atoms with Crippen molar-refractivity contribution in [3.8, 4) is 0 Å². The van der Waals surface area contributed by atoms with Crippen molar-refractivity contribution in [2.45, 2.75) is 46.3 Å². The van der Waals surface area contributed by atoms with E-state index >= 15 is 0 Å². The second-order valence-electron chi connectivity index (χ2n) is 7.83. The molecule has 134 valence electrons. The average molecular weight is 342 g/mol. The molecule has 1 aliphatic heterocycles. The highest BCUT2D eigenvalue weighted by molar-refractivity contribution is 5.92. The molecule has 3 heterocycles. The normalized spacial score (nSPS) is 20.8. The smallest absolute Gasteiger partial charge is 0.407 e. The molecule has 2 atom stereocenters. The summed E-state index contributed by atoms with van der Waals surface area (Å²) >= 11 is 0. The van der Waals surface area contributed by atoms with Crippen molar-refractivity contribution < 1.29 is 9.53 Å². The monoisotopic (exact) mass is 342 g/mol. The summed E-state index contributed by atoms with van der Waals surface area (Å²) in [6.45, 7) is 11.4. The first-order valence-electron chi connectivity index (χ1n) is 8.68. The van der Waals surface area contributed by atoms with Gasteiger partial charge in [0.2, 0.25) is 0 Å². The highest BCUT2D eigenvalue weighted by Gasteiger charge is 2.34. The van der Waals surface area contributed by atoms with Gasteiger partial charge >= 0.3 is 6.09 Å². The number of nitrogens with zero attached hydrogens (tertiary/aromatic N) is 3. The van der Waals surface area contributed by atoms with Crippen LogP contribution in [0.2, 0.25) is 0 Å². The van der Waals surface area contributed by atoms with Gasteiger partial charge < -0.3 is 15.0 Å². The standard InChI is InChI=1S/C19H26N4O2/c1-12-10-23(11-16(12)25-18(24)22-19(3,4)5)15-9-21-13(2)17-14(15)7-6-8-20-17/h6-9,12,16H,10-11H2,1-5H3,(H,22,24)/t12-,16+/m1/s1. The molecule has 6 nitrogen and oxygen atoms in total. The Morgan fingerprint density at radius 1 is 1.32 bits per heavy atom. The summed E-state index contributed by atoms with van der Waals surface area (Å²) in [6.07, 6.45) is 3.18. The Bertz CT molecular complexity index is 785. The molecule has 0 aromatic carbocycles. The van der Waals surface area contributed by atoms with Crippen LogP contribution in [-0.4, -0.2) is 40.8 Å². The van der Waals surface area contributed by atoms with Gasteiger partial charge in [-0.25, -0.2) is 4.79 Å². The number of pyridine rings is 2. The number of hydrogen-bond acceptors (Lipinski definition) is 5. The molecule has 1 aliphatic rings. The Hall–Kier alpha value is -2.37. The molecule has 3 rings (SSSR count). The van der Waals surface area contributed by atoms with Crippen molar-refractivity contribution in [3.63, 3.8) is 0 Å². The van der Waals surface area contributed by atoms with Gasteiger partial charge in [-0.15, -0.1) is 0 Å². The molecule has 2 aromatic heterocycles. The van der Waals surface area contributed by atoms with Crippen molar-refractivity contribution >= 4 is 22.7 Å².